The third-order valence-electron chi connectivity index (χ3n) is 5.03. The summed E-state index contributed by atoms with van der Waals surface area (Å²) in [5.74, 6) is 2.31. The van der Waals surface area contributed by atoms with E-state index in [1.54, 1.807) is 6.92 Å². The molecule has 3 N–H and O–H groups in total. The summed E-state index contributed by atoms with van der Waals surface area (Å²) in [6.07, 6.45) is 9.19. The lowest BCUT2D eigenvalue weighted by Crippen LogP contribution is -2.39. The van der Waals surface area contributed by atoms with Gasteiger partial charge in [-0.1, -0.05) is 79.1 Å². The summed E-state index contributed by atoms with van der Waals surface area (Å²) in [7, 11) is 0. The fourth-order valence-electron chi connectivity index (χ4n) is 3.09. The van der Waals surface area contributed by atoms with Crippen molar-refractivity contribution in [2.45, 2.75) is 104 Å². The number of aliphatic hydroxyl groups is 3. The molecule has 0 amide bonds. The highest BCUT2D eigenvalue weighted by Crippen LogP contribution is 2.24. The van der Waals surface area contributed by atoms with Crippen LogP contribution in [-0.2, 0) is 0 Å². The predicted octanol–water partition coefficient (Wildman–Crippen LogP) is 5.07. The van der Waals surface area contributed by atoms with Gasteiger partial charge >= 0.3 is 0 Å². The number of rotatable bonds is 14. The quantitative estimate of drug-likeness (QED) is 0.417. The first-order chi connectivity index (χ1) is 10.7. The van der Waals surface area contributed by atoms with Gasteiger partial charge in [0.25, 0.3) is 0 Å². The second kappa shape index (κ2) is 12.3. The molecular weight excluding hydrogens is 288 g/mol. The minimum absolute atomic E-state index is 0.515. The van der Waals surface area contributed by atoms with E-state index in [2.05, 4.69) is 27.7 Å². The van der Waals surface area contributed by atoms with Crippen molar-refractivity contribution in [2.75, 3.05) is 0 Å². The van der Waals surface area contributed by atoms with Crippen molar-refractivity contribution < 1.29 is 15.3 Å². The van der Waals surface area contributed by atoms with Gasteiger partial charge in [0.15, 0.2) is 0 Å². The molecule has 0 bridgehead atoms. The molecule has 0 heterocycles. The minimum atomic E-state index is -1.22. The molecule has 0 saturated carbocycles. The lowest BCUT2D eigenvalue weighted by molar-refractivity contribution is -0.0692. The van der Waals surface area contributed by atoms with Crippen LogP contribution in [0, 0.1) is 24.4 Å². The molecular formula is C20H41O3. The Morgan fingerprint density at radius 3 is 1.70 bits per heavy atom. The Kier molecular flexibility index (Phi) is 12.2. The van der Waals surface area contributed by atoms with E-state index in [9.17, 15) is 10.2 Å². The molecule has 23 heavy (non-hydrogen) atoms. The Morgan fingerprint density at radius 1 is 0.826 bits per heavy atom. The summed E-state index contributed by atoms with van der Waals surface area (Å²) in [4.78, 5) is 0. The molecule has 3 heteroatoms. The molecule has 1 radical (unpaired) electrons. The van der Waals surface area contributed by atoms with Crippen molar-refractivity contribution >= 4 is 0 Å². The van der Waals surface area contributed by atoms with Crippen LogP contribution in [0.25, 0.3) is 0 Å². The van der Waals surface area contributed by atoms with Crippen molar-refractivity contribution in [2.24, 2.45) is 17.8 Å². The van der Waals surface area contributed by atoms with Gasteiger partial charge in [-0.3, -0.25) is 0 Å². The molecule has 139 valence electrons. The van der Waals surface area contributed by atoms with E-state index >= 15 is 0 Å². The molecule has 4 atom stereocenters. The molecule has 0 rings (SSSR count). The maximum absolute atomic E-state index is 10.0. The molecule has 0 aliphatic heterocycles. The second-order valence-electron chi connectivity index (χ2n) is 8.31. The monoisotopic (exact) mass is 329 g/mol. The van der Waals surface area contributed by atoms with Crippen molar-refractivity contribution in [1.82, 2.24) is 0 Å². The van der Waals surface area contributed by atoms with Crippen LogP contribution in [-0.4, -0.2) is 27.0 Å². The molecule has 3 nitrogen and oxygen atoms in total. The van der Waals surface area contributed by atoms with Crippen LogP contribution in [0.3, 0.4) is 0 Å². The van der Waals surface area contributed by atoms with E-state index in [1.165, 1.54) is 38.5 Å². The Hall–Kier alpha value is -0.120. The highest BCUT2D eigenvalue weighted by Gasteiger charge is 2.29. The van der Waals surface area contributed by atoms with Crippen LogP contribution in [0.4, 0.5) is 0 Å². The average Bonchev–Trinajstić information content (AvgIpc) is 2.45. The van der Waals surface area contributed by atoms with E-state index in [0.717, 1.165) is 24.7 Å². The average molecular weight is 330 g/mol. The molecule has 4 unspecified atom stereocenters. The van der Waals surface area contributed by atoms with Gasteiger partial charge in [0.05, 0.1) is 5.60 Å². The summed E-state index contributed by atoms with van der Waals surface area (Å²) < 4.78 is 0. The van der Waals surface area contributed by atoms with E-state index in [1.807, 2.05) is 0 Å². The van der Waals surface area contributed by atoms with Gasteiger partial charge < -0.3 is 15.3 Å². The summed E-state index contributed by atoms with van der Waals surface area (Å²) in [5.41, 5.74) is -1.22. The standard InChI is InChI=1S/C20H41O3/c1-16(2)9-6-10-17(3)11-7-12-18(4)13-8-14-20(5,23)19(22)15-21/h15-19,21-23H,6-14H2,1-5H3. The van der Waals surface area contributed by atoms with E-state index in [4.69, 9.17) is 5.11 Å². The molecule has 0 aliphatic carbocycles. The van der Waals surface area contributed by atoms with Crippen LogP contribution >= 0.6 is 0 Å². The van der Waals surface area contributed by atoms with Crippen LogP contribution in [0.1, 0.15) is 92.4 Å². The van der Waals surface area contributed by atoms with Crippen LogP contribution in [0.2, 0.25) is 0 Å². The third-order valence-corrected chi connectivity index (χ3v) is 5.03. The van der Waals surface area contributed by atoms with Crippen molar-refractivity contribution in [3.63, 3.8) is 0 Å². The van der Waals surface area contributed by atoms with E-state index in [-0.39, 0.29) is 0 Å². The smallest absolute Gasteiger partial charge is 0.111 e. The Labute approximate surface area is 144 Å². The van der Waals surface area contributed by atoms with Crippen molar-refractivity contribution in [3.8, 4) is 0 Å². The normalized spacial score (nSPS) is 18.7. The van der Waals surface area contributed by atoms with Gasteiger partial charge in [-0.05, 0) is 31.1 Å². The molecule has 0 spiro atoms. The van der Waals surface area contributed by atoms with Crippen LogP contribution in [0.15, 0.2) is 0 Å². The molecule has 0 aromatic rings. The second-order valence-corrected chi connectivity index (χ2v) is 8.31. The van der Waals surface area contributed by atoms with Gasteiger partial charge in [-0.15, -0.1) is 0 Å². The number of aliphatic hydroxyl groups excluding tert-OH is 2. The first-order valence-corrected chi connectivity index (χ1v) is 9.57. The summed E-state index contributed by atoms with van der Waals surface area (Å²) >= 11 is 0. The molecule has 0 aliphatic rings. The molecule has 0 fully saturated rings. The van der Waals surface area contributed by atoms with E-state index < -0.39 is 11.7 Å². The highest BCUT2D eigenvalue weighted by molar-refractivity contribution is 4.86. The Bertz CT molecular complexity index is 276. The van der Waals surface area contributed by atoms with Crippen molar-refractivity contribution in [3.05, 3.63) is 6.61 Å². The Balaban J connectivity index is 3.69. The van der Waals surface area contributed by atoms with Gasteiger partial charge in [0, 0.05) is 0 Å². The molecule has 0 saturated heterocycles. The first-order valence-electron chi connectivity index (χ1n) is 9.57. The van der Waals surface area contributed by atoms with Gasteiger partial charge in [0.2, 0.25) is 0 Å². The number of hydrogen-bond acceptors (Lipinski definition) is 3. The zero-order chi connectivity index (χ0) is 17.9. The first kappa shape index (κ1) is 22.9. The molecule has 0 aromatic carbocycles. The van der Waals surface area contributed by atoms with Crippen LogP contribution in [0.5, 0.6) is 0 Å². The topological polar surface area (TPSA) is 60.7 Å². The zero-order valence-electron chi connectivity index (χ0n) is 16.1. The lowest BCUT2D eigenvalue weighted by Gasteiger charge is -2.27. The zero-order valence-corrected chi connectivity index (χ0v) is 16.1. The fraction of sp³-hybridized carbons (Fsp3) is 0.950. The minimum Gasteiger partial charge on any atom is -0.387 e. The van der Waals surface area contributed by atoms with E-state index in [0.29, 0.717) is 18.9 Å². The maximum atomic E-state index is 10.0. The van der Waals surface area contributed by atoms with Crippen molar-refractivity contribution in [1.29, 1.82) is 0 Å². The molecule has 0 aromatic heterocycles. The van der Waals surface area contributed by atoms with Gasteiger partial charge in [-0.2, -0.15) is 0 Å². The fourth-order valence-corrected chi connectivity index (χ4v) is 3.09. The predicted molar refractivity (Wildman–Crippen MR) is 97.6 cm³/mol. The third kappa shape index (κ3) is 12.0. The lowest BCUT2D eigenvalue weighted by atomic mass is 9.88. The summed E-state index contributed by atoms with van der Waals surface area (Å²) in [5, 5.41) is 28.3. The largest absolute Gasteiger partial charge is 0.387 e. The van der Waals surface area contributed by atoms with Crippen LogP contribution < -0.4 is 0 Å². The van der Waals surface area contributed by atoms with Gasteiger partial charge in [0.1, 0.15) is 12.7 Å². The summed E-state index contributed by atoms with van der Waals surface area (Å²) in [6, 6.07) is 0. The maximum Gasteiger partial charge on any atom is 0.111 e. The number of hydrogen-bond donors (Lipinski definition) is 3. The Morgan fingerprint density at radius 2 is 1.26 bits per heavy atom. The summed E-state index contributed by atoms with van der Waals surface area (Å²) in [6.45, 7) is 11.5. The van der Waals surface area contributed by atoms with Gasteiger partial charge in [-0.25, -0.2) is 0 Å². The SMILES string of the molecule is CC(C)CCCC(C)CCCC(C)CCCC(C)(O)C(O)[CH]O. The highest BCUT2D eigenvalue weighted by atomic mass is 16.4.